The van der Waals surface area contributed by atoms with Crippen molar-refractivity contribution in [1.82, 2.24) is 25.1 Å². The molecule has 0 bridgehead atoms. The van der Waals surface area contributed by atoms with Crippen molar-refractivity contribution in [2.75, 3.05) is 0 Å². The van der Waals surface area contributed by atoms with Gasteiger partial charge in [0.25, 0.3) is 5.91 Å². The first-order valence-electron chi connectivity index (χ1n) is 7.23. The number of rotatable bonds is 4. The highest BCUT2D eigenvalue weighted by Crippen LogP contribution is 2.21. The van der Waals surface area contributed by atoms with Crippen LogP contribution in [0.3, 0.4) is 0 Å². The van der Waals surface area contributed by atoms with Crippen LogP contribution in [0.1, 0.15) is 29.1 Å². The van der Waals surface area contributed by atoms with Crippen LogP contribution in [-0.2, 0) is 0 Å². The molecule has 1 N–H and O–H groups in total. The molecule has 1 atom stereocenters. The molecule has 0 radical (unpaired) electrons. The summed E-state index contributed by atoms with van der Waals surface area (Å²) in [7, 11) is 0. The Bertz CT molecular complexity index is 893. The van der Waals surface area contributed by atoms with Crippen LogP contribution in [0.15, 0.2) is 47.3 Å². The lowest BCUT2D eigenvalue weighted by Crippen LogP contribution is -2.28. The smallest absolute Gasteiger partial charge is 0.251 e. The number of amides is 1. The molecule has 1 unspecified atom stereocenters. The summed E-state index contributed by atoms with van der Waals surface area (Å²) in [5.74, 6) is 0.835. The van der Waals surface area contributed by atoms with Crippen LogP contribution in [0.2, 0.25) is 10.0 Å². The number of hydrogen-bond acceptors (Lipinski definition) is 4. The van der Waals surface area contributed by atoms with Gasteiger partial charge in [0.2, 0.25) is 0 Å². The van der Waals surface area contributed by atoms with E-state index in [1.165, 1.54) is 12.5 Å². The minimum Gasteiger partial charge on any atom is -0.342 e. The summed E-state index contributed by atoms with van der Waals surface area (Å²) in [6, 6.07) is 8.04. The van der Waals surface area contributed by atoms with Gasteiger partial charge in [-0.3, -0.25) is 4.79 Å². The van der Waals surface area contributed by atoms with Crippen molar-refractivity contribution in [3.8, 4) is 5.82 Å². The fraction of sp³-hybridized carbons (Fsp3) is 0.125. The molecule has 9 heteroatoms. The number of hydrogen-bond donors (Lipinski definition) is 1. The van der Waals surface area contributed by atoms with Crippen LogP contribution in [0.4, 0.5) is 0 Å². The van der Waals surface area contributed by atoms with Gasteiger partial charge in [-0.05, 0) is 37.3 Å². The summed E-state index contributed by atoms with van der Waals surface area (Å²) >= 11 is 15.2. The second-order valence-electron chi connectivity index (χ2n) is 5.22. The number of benzene rings is 1. The first-order chi connectivity index (χ1) is 11.9. The molecule has 25 heavy (non-hydrogen) atoms. The Balaban J connectivity index is 1.82. The van der Waals surface area contributed by atoms with Gasteiger partial charge < -0.3 is 5.32 Å². The highest BCUT2D eigenvalue weighted by Gasteiger charge is 2.18. The highest BCUT2D eigenvalue weighted by molar-refractivity contribution is 9.10. The highest BCUT2D eigenvalue weighted by atomic mass is 79.9. The zero-order valence-electron chi connectivity index (χ0n) is 12.9. The Hall–Kier alpha value is -1.96. The van der Waals surface area contributed by atoms with E-state index < -0.39 is 6.04 Å². The average Bonchev–Trinajstić information content (AvgIpc) is 3.04. The molecule has 0 aliphatic heterocycles. The number of nitrogens with zero attached hydrogens (tertiary/aromatic N) is 4. The molecule has 128 valence electrons. The van der Waals surface area contributed by atoms with E-state index in [4.69, 9.17) is 23.2 Å². The maximum Gasteiger partial charge on any atom is 0.251 e. The molecule has 0 saturated heterocycles. The fourth-order valence-corrected chi connectivity index (χ4v) is 3.22. The summed E-state index contributed by atoms with van der Waals surface area (Å²) in [4.78, 5) is 20.9. The molecular weight excluding hydrogens is 429 g/mol. The number of nitrogens with one attached hydrogen (secondary N) is 1. The predicted molar refractivity (Wildman–Crippen MR) is 99.2 cm³/mol. The third-order valence-electron chi connectivity index (χ3n) is 3.36. The van der Waals surface area contributed by atoms with Gasteiger partial charge in [0.15, 0.2) is 11.6 Å². The van der Waals surface area contributed by atoms with Crippen molar-refractivity contribution in [2.45, 2.75) is 13.0 Å². The predicted octanol–water partition coefficient (Wildman–Crippen LogP) is 4.22. The van der Waals surface area contributed by atoms with Gasteiger partial charge in [-0.15, -0.1) is 0 Å². The molecule has 3 aromatic rings. The van der Waals surface area contributed by atoms with Crippen LogP contribution < -0.4 is 5.32 Å². The summed E-state index contributed by atoms with van der Waals surface area (Å²) in [5, 5.41) is 8.04. The average molecular weight is 441 g/mol. The van der Waals surface area contributed by atoms with Gasteiger partial charge >= 0.3 is 0 Å². The van der Waals surface area contributed by atoms with E-state index in [0.29, 0.717) is 27.3 Å². The third kappa shape index (κ3) is 4.18. The fourth-order valence-electron chi connectivity index (χ4n) is 2.24. The Morgan fingerprint density at radius 2 is 2.00 bits per heavy atom. The van der Waals surface area contributed by atoms with Crippen LogP contribution in [-0.4, -0.2) is 25.7 Å². The van der Waals surface area contributed by atoms with Crippen LogP contribution in [0.25, 0.3) is 5.82 Å². The van der Waals surface area contributed by atoms with Crippen molar-refractivity contribution in [3.63, 3.8) is 0 Å². The summed E-state index contributed by atoms with van der Waals surface area (Å²) in [5.41, 5.74) is 0.446. The van der Waals surface area contributed by atoms with E-state index in [2.05, 4.69) is 36.3 Å². The molecule has 0 fully saturated rings. The number of halogens is 3. The number of carbonyl (C=O) groups is 1. The van der Waals surface area contributed by atoms with E-state index in [-0.39, 0.29) is 5.91 Å². The number of aromatic nitrogens is 4. The molecule has 6 nitrogen and oxygen atoms in total. The Labute approximate surface area is 162 Å². The quantitative estimate of drug-likeness (QED) is 0.659. The van der Waals surface area contributed by atoms with Gasteiger partial charge in [0.1, 0.15) is 6.33 Å². The van der Waals surface area contributed by atoms with E-state index in [1.807, 2.05) is 6.92 Å². The first kappa shape index (κ1) is 17.8. The van der Waals surface area contributed by atoms with Gasteiger partial charge in [0, 0.05) is 21.3 Å². The zero-order chi connectivity index (χ0) is 18.0. The van der Waals surface area contributed by atoms with Crippen LogP contribution >= 0.6 is 39.1 Å². The van der Waals surface area contributed by atoms with Crippen molar-refractivity contribution < 1.29 is 4.79 Å². The molecule has 1 aromatic carbocycles. The minimum absolute atomic E-state index is 0.269. The van der Waals surface area contributed by atoms with Crippen LogP contribution in [0.5, 0.6) is 0 Å². The van der Waals surface area contributed by atoms with E-state index in [0.717, 1.165) is 4.47 Å². The lowest BCUT2D eigenvalue weighted by atomic mass is 10.2. The maximum atomic E-state index is 12.5. The van der Waals surface area contributed by atoms with Crippen molar-refractivity contribution in [3.05, 3.63) is 68.8 Å². The Morgan fingerprint density at radius 1 is 1.20 bits per heavy atom. The number of pyridine rings is 1. The molecular formula is C16H12BrCl2N5O. The molecule has 0 spiro atoms. The summed E-state index contributed by atoms with van der Waals surface area (Å²) < 4.78 is 2.28. The van der Waals surface area contributed by atoms with Gasteiger partial charge in [0.05, 0.1) is 11.1 Å². The van der Waals surface area contributed by atoms with Crippen LogP contribution in [0, 0.1) is 0 Å². The van der Waals surface area contributed by atoms with E-state index >= 15 is 0 Å². The van der Waals surface area contributed by atoms with Gasteiger partial charge in [-0.25, -0.2) is 9.97 Å². The molecule has 0 saturated carbocycles. The molecule has 3 rings (SSSR count). The van der Waals surface area contributed by atoms with E-state index in [9.17, 15) is 4.79 Å². The lowest BCUT2D eigenvalue weighted by Gasteiger charge is -2.14. The SMILES string of the molecule is CC(NC(=O)c1cc(Cl)cc(Br)c1)c1ncnn1-c1ccc(Cl)cn1. The Morgan fingerprint density at radius 3 is 2.68 bits per heavy atom. The van der Waals surface area contributed by atoms with Crippen molar-refractivity contribution in [1.29, 1.82) is 0 Å². The second kappa shape index (κ2) is 7.51. The largest absolute Gasteiger partial charge is 0.342 e. The van der Waals surface area contributed by atoms with Gasteiger partial charge in [-0.2, -0.15) is 9.78 Å². The monoisotopic (exact) mass is 439 g/mol. The van der Waals surface area contributed by atoms with Gasteiger partial charge in [-0.1, -0.05) is 39.1 Å². The summed E-state index contributed by atoms with van der Waals surface area (Å²) in [6.45, 7) is 1.81. The molecule has 1 amide bonds. The van der Waals surface area contributed by atoms with Crippen molar-refractivity contribution in [2.24, 2.45) is 0 Å². The van der Waals surface area contributed by atoms with Crippen molar-refractivity contribution >= 4 is 45.0 Å². The molecule has 0 aliphatic rings. The topological polar surface area (TPSA) is 72.7 Å². The normalized spacial score (nSPS) is 12.0. The first-order valence-corrected chi connectivity index (χ1v) is 8.78. The zero-order valence-corrected chi connectivity index (χ0v) is 16.0. The third-order valence-corrected chi connectivity index (χ3v) is 4.26. The second-order valence-corrected chi connectivity index (χ2v) is 7.01. The number of carbonyl (C=O) groups excluding carboxylic acids is 1. The Kier molecular flexibility index (Phi) is 5.36. The van der Waals surface area contributed by atoms with E-state index in [1.54, 1.807) is 35.0 Å². The minimum atomic E-state index is -0.398. The molecule has 0 aliphatic carbocycles. The molecule has 2 aromatic heterocycles. The summed E-state index contributed by atoms with van der Waals surface area (Å²) in [6.07, 6.45) is 2.93. The molecule has 2 heterocycles. The maximum absolute atomic E-state index is 12.5. The standard InChI is InChI=1S/C16H12BrCl2N5O/c1-9(23-16(25)10-4-11(17)6-13(19)5-10)15-21-8-22-24(15)14-3-2-12(18)7-20-14/h2-9H,1H3,(H,23,25). The lowest BCUT2D eigenvalue weighted by molar-refractivity contribution is 0.0938.